The van der Waals surface area contributed by atoms with Gasteiger partial charge in [0.25, 0.3) is 17.7 Å². The summed E-state index contributed by atoms with van der Waals surface area (Å²) in [5.41, 5.74) is 0.373. The second-order valence-corrected chi connectivity index (χ2v) is 17.6. The Morgan fingerprint density at radius 1 is 0.708 bits per heavy atom. The predicted octanol–water partition coefficient (Wildman–Crippen LogP) is -0.186. The summed E-state index contributed by atoms with van der Waals surface area (Å²) >= 11 is 11.3. The highest BCUT2D eigenvalue weighted by Crippen LogP contribution is 2.44. The molecule has 5 amide bonds. The number of alkyl halides is 2. The summed E-state index contributed by atoms with van der Waals surface area (Å²) in [4.78, 5) is 53.3. The third-order valence-corrected chi connectivity index (χ3v) is 15.0. The zero-order chi connectivity index (χ0) is 36.5. The van der Waals surface area contributed by atoms with Gasteiger partial charge in [0.15, 0.2) is 0 Å². The van der Waals surface area contributed by atoms with Crippen molar-refractivity contribution in [1.82, 2.24) is 21.3 Å². The number of amides is 5. The summed E-state index contributed by atoms with van der Waals surface area (Å²) in [7, 11) is 0. The maximum absolute atomic E-state index is 13.6. The Morgan fingerprint density at radius 2 is 1.12 bits per heavy atom. The summed E-state index contributed by atoms with van der Waals surface area (Å²) in [6.07, 6.45) is -2.15. The molecule has 0 spiro atoms. The molecule has 2 rings (SSSR count). The van der Waals surface area contributed by atoms with E-state index in [1.165, 1.54) is 0 Å². The molecule has 5 atom stereocenters. The first kappa shape index (κ1) is 44.6. The lowest BCUT2D eigenvalue weighted by Gasteiger charge is -2.35. The van der Waals surface area contributed by atoms with Crippen molar-refractivity contribution in [3.05, 3.63) is 42.8 Å². The van der Waals surface area contributed by atoms with Crippen LogP contribution in [0, 0.1) is 10.7 Å². The quantitative estimate of drug-likeness (QED) is 0.0809. The lowest BCUT2D eigenvalue weighted by atomic mass is 9.93. The van der Waals surface area contributed by atoms with Crippen LogP contribution < -0.4 is 26.6 Å². The van der Waals surface area contributed by atoms with Gasteiger partial charge in [-0.25, -0.2) is 4.79 Å². The van der Waals surface area contributed by atoms with Crippen LogP contribution in [0.3, 0.4) is 0 Å². The van der Waals surface area contributed by atoms with E-state index in [0.717, 1.165) is 0 Å². The van der Waals surface area contributed by atoms with Crippen LogP contribution in [0.5, 0.6) is 0 Å². The smallest absolute Gasteiger partial charge is 0.323 e. The number of carbonyl (C=O) groups excluding carboxylic acids is 4. The van der Waals surface area contributed by atoms with Crippen LogP contribution in [0.2, 0.25) is 0 Å². The van der Waals surface area contributed by atoms with Gasteiger partial charge in [0.05, 0.1) is 81.6 Å². The molecule has 0 fully saturated rings. The molecule has 16 nitrogen and oxygen atoms in total. The SMILES string of the molecule is O=C(NC1=C(I)C(C(=O)NCC(O)CO)=CC(I)(CO)C1I)Nc1c(I)c(C(=O)NCC(O)CO)c(I)c(C(=O)NCC(O)CO)c1I. The van der Waals surface area contributed by atoms with Gasteiger partial charge in [-0.3, -0.25) is 14.4 Å². The van der Waals surface area contributed by atoms with E-state index in [4.69, 9.17) is 15.3 Å². The molecule has 0 aliphatic heterocycles. The molecule has 1 aromatic carbocycles. The fourth-order valence-electron chi connectivity index (χ4n) is 3.82. The molecule has 0 aromatic heterocycles. The maximum Gasteiger partial charge on any atom is 0.323 e. The van der Waals surface area contributed by atoms with Crippen LogP contribution in [0.15, 0.2) is 20.9 Å². The third kappa shape index (κ3) is 11.5. The van der Waals surface area contributed by atoms with Crippen molar-refractivity contribution in [3.8, 4) is 0 Å². The summed E-state index contributed by atoms with van der Waals surface area (Å²) in [6, 6.07) is -0.823. The van der Waals surface area contributed by atoms with Gasteiger partial charge in [-0.1, -0.05) is 51.3 Å². The molecule has 48 heavy (non-hydrogen) atoms. The molecule has 0 saturated carbocycles. The fraction of sp³-hybridized carbons (Fsp3) is 0.462. The highest BCUT2D eigenvalue weighted by molar-refractivity contribution is 14.1. The number of halogens is 6. The van der Waals surface area contributed by atoms with Crippen LogP contribution in [-0.4, -0.2) is 131 Å². The first-order valence-electron chi connectivity index (χ1n) is 13.5. The Bertz CT molecular complexity index is 1410. The Morgan fingerprint density at radius 3 is 1.52 bits per heavy atom. The lowest BCUT2D eigenvalue weighted by molar-refractivity contribution is -0.117. The Balaban J connectivity index is 2.58. The number of carbonyl (C=O) groups is 4. The highest BCUT2D eigenvalue weighted by Gasteiger charge is 2.42. The number of allylic oxidation sites excluding steroid dienone is 1. The molecule has 1 aromatic rings. The van der Waals surface area contributed by atoms with Gasteiger partial charge in [0.1, 0.15) is 0 Å². The summed E-state index contributed by atoms with van der Waals surface area (Å²) in [6.45, 7) is -3.06. The average molecular weight is 1350 g/mol. The number of hydrogen-bond acceptors (Lipinski definition) is 11. The molecule has 0 heterocycles. The minimum absolute atomic E-state index is 0.0262. The number of nitrogens with one attached hydrogen (secondary N) is 5. The van der Waals surface area contributed by atoms with E-state index in [1.54, 1.807) is 28.7 Å². The average Bonchev–Trinajstić information content (AvgIpc) is 3.06. The van der Waals surface area contributed by atoms with Gasteiger partial charge in [-0.15, -0.1) is 0 Å². The van der Waals surface area contributed by atoms with Crippen molar-refractivity contribution >= 4 is 165 Å². The molecule has 0 saturated heterocycles. The number of rotatable bonds is 15. The van der Waals surface area contributed by atoms with Gasteiger partial charge in [-0.2, -0.15) is 0 Å². The monoisotopic (exact) mass is 1350 g/mol. The normalized spacial score (nSPS) is 19.5. The van der Waals surface area contributed by atoms with Crippen LogP contribution in [0.4, 0.5) is 10.5 Å². The second kappa shape index (κ2) is 20.6. The Hall–Kier alpha value is 0.480. The Labute approximate surface area is 356 Å². The number of aliphatic hydroxyl groups excluding tert-OH is 7. The predicted molar refractivity (Wildman–Crippen MR) is 224 cm³/mol. The topological polar surface area (TPSA) is 270 Å². The second-order valence-electron chi connectivity index (χ2n) is 10.0. The number of aliphatic hydroxyl groups is 7. The van der Waals surface area contributed by atoms with E-state index < -0.39 is 75.8 Å². The van der Waals surface area contributed by atoms with E-state index in [1.807, 2.05) is 113 Å². The molecule has 1 aliphatic rings. The molecule has 5 unspecified atom stereocenters. The van der Waals surface area contributed by atoms with Gasteiger partial charge in [-0.05, 0) is 90.4 Å². The number of hydrogen-bond donors (Lipinski definition) is 12. The van der Waals surface area contributed by atoms with Crippen LogP contribution >= 0.6 is 136 Å². The number of urea groups is 1. The molecule has 1 aliphatic carbocycles. The van der Waals surface area contributed by atoms with E-state index >= 15 is 0 Å². The van der Waals surface area contributed by atoms with Crippen LogP contribution in [0.1, 0.15) is 20.7 Å². The van der Waals surface area contributed by atoms with Gasteiger partial charge >= 0.3 is 6.03 Å². The lowest BCUT2D eigenvalue weighted by Crippen LogP contribution is -2.46. The summed E-state index contributed by atoms with van der Waals surface area (Å²) < 4.78 is -0.654. The fourth-order valence-corrected chi connectivity index (χ4v) is 11.1. The number of benzene rings is 1. The van der Waals surface area contributed by atoms with Crippen LogP contribution in [0.25, 0.3) is 0 Å². The minimum atomic E-state index is -1.25. The van der Waals surface area contributed by atoms with Crippen molar-refractivity contribution in [3.63, 3.8) is 0 Å². The van der Waals surface area contributed by atoms with E-state index in [9.17, 15) is 39.6 Å². The van der Waals surface area contributed by atoms with E-state index in [0.29, 0.717) is 3.58 Å². The Kier molecular flexibility index (Phi) is 19.2. The highest BCUT2D eigenvalue weighted by atomic mass is 127. The molecule has 268 valence electrons. The van der Waals surface area contributed by atoms with Gasteiger partial charge in [0, 0.05) is 32.5 Å². The largest absolute Gasteiger partial charge is 0.395 e. The first-order chi connectivity index (χ1) is 22.5. The maximum atomic E-state index is 13.6. The van der Waals surface area contributed by atoms with Crippen molar-refractivity contribution in [2.24, 2.45) is 0 Å². The van der Waals surface area contributed by atoms with E-state index in [2.05, 4.69) is 26.6 Å². The molecular weight excluding hydrogens is 1320 g/mol. The van der Waals surface area contributed by atoms with Crippen molar-refractivity contribution in [2.75, 3.05) is 51.4 Å². The zero-order valence-electron chi connectivity index (χ0n) is 24.4. The van der Waals surface area contributed by atoms with Crippen molar-refractivity contribution in [2.45, 2.75) is 25.7 Å². The molecular formula is C26H31I6N5O11. The summed E-state index contributed by atoms with van der Waals surface area (Å²) in [5, 5.41) is 79.7. The van der Waals surface area contributed by atoms with Crippen LogP contribution in [-0.2, 0) is 4.79 Å². The number of anilines is 1. The first-order valence-corrected chi connectivity index (χ1v) is 20.2. The van der Waals surface area contributed by atoms with Crippen molar-refractivity contribution in [1.29, 1.82) is 0 Å². The standard InChI is InChI=1S/C26H31I6N5O11/c27-15-12(22(45)33-2-9(42)5-38)1-26(32,8-41)21(31)20(15)37-25(48)36-19-17(29)13(23(46)34-3-10(43)6-39)16(28)14(18(19)30)24(47)35-4-11(44)7-40/h1,9-11,21,38-44H,2-8H2,(H,33,45)(H,34,46)(H,35,47)(H2,36,37,48). The summed E-state index contributed by atoms with van der Waals surface area (Å²) in [5.74, 6) is -2.06. The van der Waals surface area contributed by atoms with Gasteiger partial charge in [0.2, 0.25) is 0 Å². The van der Waals surface area contributed by atoms with Gasteiger partial charge < -0.3 is 62.3 Å². The molecule has 22 heteroatoms. The molecule has 0 bridgehead atoms. The zero-order valence-corrected chi connectivity index (χ0v) is 37.3. The molecule has 0 radical (unpaired) electrons. The third-order valence-electron chi connectivity index (χ3n) is 6.40. The molecule has 12 N–H and O–H groups in total. The minimum Gasteiger partial charge on any atom is -0.395 e. The van der Waals surface area contributed by atoms with Crippen molar-refractivity contribution < 1.29 is 54.9 Å². The van der Waals surface area contributed by atoms with E-state index in [-0.39, 0.29) is 58.4 Å².